The van der Waals surface area contributed by atoms with Crippen molar-refractivity contribution in [3.05, 3.63) is 0 Å². The lowest BCUT2D eigenvalue weighted by molar-refractivity contribution is 0.204. The topological polar surface area (TPSA) is 15.3 Å². The summed E-state index contributed by atoms with van der Waals surface area (Å²) in [4.78, 5) is 2.31. The minimum absolute atomic E-state index is 0.195. The number of piperidine rings is 1. The van der Waals surface area contributed by atoms with E-state index < -0.39 is 0 Å². The Morgan fingerprint density at radius 3 is 2.40 bits per heavy atom. The predicted molar refractivity (Wildman–Crippen MR) is 64.3 cm³/mol. The molecule has 0 aromatic heterocycles. The van der Waals surface area contributed by atoms with E-state index in [1.807, 2.05) is 13.8 Å². The van der Waals surface area contributed by atoms with Crippen molar-refractivity contribution >= 4 is 0 Å². The van der Waals surface area contributed by atoms with Gasteiger partial charge in [-0.05, 0) is 26.7 Å². The average Bonchev–Trinajstić information content (AvgIpc) is 2.21. The summed E-state index contributed by atoms with van der Waals surface area (Å²) in [6.07, 6.45) is 13.0. The zero-order chi connectivity index (χ0) is 11.3. The molecule has 15 heavy (non-hydrogen) atoms. The van der Waals surface area contributed by atoms with E-state index >= 15 is 0 Å². The van der Waals surface area contributed by atoms with Crippen LogP contribution in [-0.4, -0.2) is 36.1 Å². The second-order valence-corrected chi connectivity index (χ2v) is 4.67. The molecule has 1 rings (SSSR count). The molecule has 1 heterocycles. The van der Waals surface area contributed by atoms with Gasteiger partial charge in [0.25, 0.3) is 0 Å². The average molecular weight is 204 g/mol. The van der Waals surface area contributed by atoms with Gasteiger partial charge in [0.15, 0.2) is 0 Å². The number of nitrogens with zero attached hydrogens (tertiary/aromatic N) is 1. The van der Waals surface area contributed by atoms with Gasteiger partial charge in [-0.1, -0.05) is 11.8 Å². The zero-order valence-corrected chi connectivity index (χ0v) is 9.71. The maximum atomic E-state index is 5.45. The first-order valence-electron chi connectivity index (χ1n) is 5.48. The Balaban J connectivity index is 2.33. The molecule has 0 bridgehead atoms. The van der Waals surface area contributed by atoms with Gasteiger partial charge in [-0.25, -0.2) is 0 Å². The van der Waals surface area contributed by atoms with Crippen molar-refractivity contribution in [1.29, 1.82) is 0 Å². The Bertz CT molecular complexity index is 272. The van der Waals surface area contributed by atoms with Crippen molar-refractivity contribution < 1.29 is 0 Å². The van der Waals surface area contributed by atoms with Crippen LogP contribution in [0.3, 0.4) is 0 Å². The van der Waals surface area contributed by atoms with E-state index in [1.165, 1.54) is 0 Å². The maximum absolute atomic E-state index is 5.45. The molecule has 0 amide bonds. The molecule has 0 saturated carbocycles. The van der Waals surface area contributed by atoms with Crippen LogP contribution >= 0.6 is 0 Å². The van der Waals surface area contributed by atoms with Crippen molar-refractivity contribution in [2.45, 2.75) is 38.3 Å². The van der Waals surface area contributed by atoms with Gasteiger partial charge in [-0.15, -0.1) is 12.8 Å². The summed E-state index contributed by atoms with van der Waals surface area (Å²) in [5, 5.41) is 3.49. The normalized spacial score (nSPS) is 19.5. The highest BCUT2D eigenvalue weighted by molar-refractivity contribution is 5.08. The summed E-state index contributed by atoms with van der Waals surface area (Å²) in [5.41, 5.74) is -0.195. The highest BCUT2D eigenvalue weighted by Gasteiger charge is 2.23. The van der Waals surface area contributed by atoms with Gasteiger partial charge in [0.05, 0.1) is 12.1 Å². The molecule has 0 aromatic carbocycles. The standard InChI is InChI=1S/C13H20N2/c1-5-9-15-10-7-12(8-11-15)14-13(3,4)6-2/h1-2,12,14H,7-11H2,3-4H3. The number of hydrogen-bond acceptors (Lipinski definition) is 2. The number of likely N-dealkylation sites (tertiary alicyclic amines) is 1. The molecule has 1 fully saturated rings. The summed E-state index contributed by atoms with van der Waals surface area (Å²) >= 11 is 0. The molecule has 1 N–H and O–H groups in total. The first-order valence-corrected chi connectivity index (χ1v) is 5.48. The molecule has 0 atom stereocenters. The van der Waals surface area contributed by atoms with Crippen molar-refractivity contribution in [1.82, 2.24) is 10.2 Å². The smallest absolute Gasteiger partial charge is 0.0743 e. The second-order valence-electron chi connectivity index (χ2n) is 4.67. The molecule has 0 aliphatic carbocycles. The van der Waals surface area contributed by atoms with Crippen LogP contribution in [0.1, 0.15) is 26.7 Å². The molecular weight excluding hydrogens is 184 g/mol. The van der Waals surface area contributed by atoms with Crippen LogP contribution < -0.4 is 5.32 Å². The van der Waals surface area contributed by atoms with E-state index in [9.17, 15) is 0 Å². The van der Waals surface area contributed by atoms with E-state index in [-0.39, 0.29) is 5.54 Å². The Hall–Kier alpha value is -0.960. The van der Waals surface area contributed by atoms with Crippen molar-refractivity contribution in [3.63, 3.8) is 0 Å². The monoisotopic (exact) mass is 204 g/mol. The minimum Gasteiger partial charge on any atom is -0.299 e. The highest BCUT2D eigenvalue weighted by Crippen LogP contribution is 2.13. The Labute approximate surface area is 93.4 Å². The van der Waals surface area contributed by atoms with Crippen molar-refractivity contribution in [3.8, 4) is 24.7 Å². The van der Waals surface area contributed by atoms with Crippen molar-refractivity contribution in [2.24, 2.45) is 0 Å². The van der Waals surface area contributed by atoms with E-state index in [4.69, 9.17) is 12.8 Å². The summed E-state index contributed by atoms with van der Waals surface area (Å²) in [6.45, 7) is 7.00. The summed E-state index contributed by atoms with van der Waals surface area (Å²) in [6, 6.07) is 0.532. The maximum Gasteiger partial charge on any atom is 0.0743 e. The summed E-state index contributed by atoms with van der Waals surface area (Å²) in [5.74, 6) is 5.45. The van der Waals surface area contributed by atoms with E-state index in [0.717, 1.165) is 32.5 Å². The zero-order valence-electron chi connectivity index (χ0n) is 9.71. The molecule has 0 radical (unpaired) electrons. The summed E-state index contributed by atoms with van der Waals surface area (Å²) in [7, 11) is 0. The Morgan fingerprint density at radius 2 is 1.93 bits per heavy atom. The second kappa shape index (κ2) is 5.21. The van der Waals surface area contributed by atoms with Gasteiger partial charge in [0.1, 0.15) is 0 Å². The first-order chi connectivity index (χ1) is 7.07. The van der Waals surface area contributed by atoms with Crippen LogP contribution in [0.5, 0.6) is 0 Å². The van der Waals surface area contributed by atoms with E-state index in [0.29, 0.717) is 6.04 Å². The van der Waals surface area contributed by atoms with Crippen LogP contribution in [0, 0.1) is 24.7 Å². The number of terminal acetylenes is 2. The van der Waals surface area contributed by atoms with Gasteiger partial charge in [-0.2, -0.15) is 0 Å². The highest BCUT2D eigenvalue weighted by atomic mass is 15.1. The lowest BCUT2D eigenvalue weighted by Gasteiger charge is -2.34. The molecule has 1 aliphatic heterocycles. The fourth-order valence-corrected chi connectivity index (χ4v) is 1.92. The SMILES string of the molecule is C#CCN1CCC(NC(C)(C)C#C)CC1. The largest absolute Gasteiger partial charge is 0.299 e. The molecule has 82 valence electrons. The van der Waals surface area contributed by atoms with Crippen LogP contribution in [0.2, 0.25) is 0 Å². The van der Waals surface area contributed by atoms with Gasteiger partial charge >= 0.3 is 0 Å². The Morgan fingerprint density at radius 1 is 1.33 bits per heavy atom. The molecule has 0 aromatic rings. The van der Waals surface area contributed by atoms with Crippen LogP contribution in [0.4, 0.5) is 0 Å². The van der Waals surface area contributed by atoms with E-state index in [2.05, 4.69) is 22.1 Å². The van der Waals surface area contributed by atoms with Gasteiger partial charge in [0, 0.05) is 19.1 Å². The van der Waals surface area contributed by atoms with Gasteiger partial charge < -0.3 is 0 Å². The number of hydrogen-bond donors (Lipinski definition) is 1. The lowest BCUT2D eigenvalue weighted by Crippen LogP contribution is -2.50. The number of rotatable bonds is 3. The molecule has 1 saturated heterocycles. The molecular formula is C13H20N2. The molecule has 1 aliphatic rings. The molecule has 0 unspecified atom stereocenters. The van der Waals surface area contributed by atoms with Crippen LogP contribution in [-0.2, 0) is 0 Å². The molecule has 2 heteroatoms. The van der Waals surface area contributed by atoms with Crippen LogP contribution in [0.15, 0.2) is 0 Å². The third-order valence-corrected chi connectivity index (χ3v) is 2.83. The lowest BCUT2D eigenvalue weighted by atomic mass is 9.99. The molecule has 2 nitrogen and oxygen atoms in total. The third kappa shape index (κ3) is 3.96. The third-order valence-electron chi connectivity index (χ3n) is 2.83. The quantitative estimate of drug-likeness (QED) is 0.692. The van der Waals surface area contributed by atoms with E-state index in [1.54, 1.807) is 0 Å². The summed E-state index contributed by atoms with van der Waals surface area (Å²) < 4.78 is 0. The first kappa shape index (κ1) is 12.1. The fraction of sp³-hybridized carbons (Fsp3) is 0.692. The Kier molecular flexibility index (Phi) is 4.21. The van der Waals surface area contributed by atoms with Gasteiger partial charge in [0.2, 0.25) is 0 Å². The van der Waals surface area contributed by atoms with Crippen LogP contribution in [0.25, 0.3) is 0 Å². The minimum atomic E-state index is -0.195. The van der Waals surface area contributed by atoms with Crippen molar-refractivity contribution in [2.75, 3.05) is 19.6 Å². The predicted octanol–water partition coefficient (Wildman–Crippen LogP) is 1.09. The molecule has 0 spiro atoms. The number of nitrogens with one attached hydrogen (secondary N) is 1. The van der Waals surface area contributed by atoms with Gasteiger partial charge in [-0.3, -0.25) is 10.2 Å². The fourth-order valence-electron chi connectivity index (χ4n) is 1.92.